The van der Waals surface area contributed by atoms with Gasteiger partial charge in [0.25, 0.3) is 0 Å². The molecule has 0 aliphatic rings. The standard InChI is InChI=1S/C18H17ClN6O2/c1-8(2)27-13-6-20-11-5-4-10(14(19)16(11)23-13)15-17-18(25-24-15)21-9(3)12(7-26)22-17/h4-6,8,26H,7H2,1-3H3,(H,21,24,25). The van der Waals surface area contributed by atoms with Crippen molar-refractivity contribution in [1.82, 2.24) is 30.1 Å². The third-order valence-electron chi connectivity index (χ3n) is 4.07. The lowest BCUT2D eigenvalue weighted by molar-refractivity contribution is 0.232. The van der Waals surface area contributed by atoms with E-state index >= 15 is 0 Å². The molecule has 8 nitrogen and oxygen atoms in total. The van der Waals surface area contributed by atoms with E-state index in [1.165, 1.54) is 0 Å². The average molecular weight is 385 g/mol. The number of aromatic amines is 1. The van der Waals surface area contributed by atoms with Gasteiger partial charge in [0.1, 0.15) is 11.0 Å². The van der Waals surface area contributed by atoms with E-state index in [1.54, 1.807) is 13.1 Å². The van der Waals surface area contributed by atoms with E-state index in [-0.39, 0.29) is 12.7 Å². The Morgan fingerprint density at radius 2 is 2.00 bits per heavy atom. The first kappa shape index (κ1) is 17.6. The Kier molecular flexibility index (Phi) is 4.37. The van der Waals surface area contributed by atoms with Crippen LogP contribution in [-0.2, 0) is 6.61 Å². The number of hydrogen-bond acceptors (Lipinski definition) is 7. The van der Waals surface area contributed by atoms with E-state index in [0.29, 0.717) is 55.7 Å². The third-order valence-corrected chi connectivity index (χ3v) is 4.45. The molecule has 0 unspecified atom stereocenters. The second-order valence-electron chi connectivity index (χ2n) is 6.35. The normalized spacial score (nSPS) is 11.6. The summed E-state index contributed by atoms with van der Waals surface area (Å²) >= 11 is 6.64. The van der Waals surface area contributed by atoms with Crippen molar-refractivity contribution in [3.63, 3.8) is 0 Å². The van der Waals surface area contributed by atoms with E-state index in [0.717, 1.165) is 0 Å². The smallest absolute Gasteiger partial charge is 0.233 e. The van der Waals surface area contributed by atoms with Crippen molar-refractivity contribution in [2.24, 2.45) is 0 Å². The van der Waals surface area contributed by atoms with Crippen LogP contribution in [0.5, 0.6) is 5.88 Å². The molecule has 0 aliphatic carbocycles. The second-order valence-corrected chi connectivity index (χ2v) is 6.73. The van der Waals surface area contributed by atoms with Gasteiger partial charge >= 0.3 is 0 Å². The number of aryl methyl sites for hydroxylation is 1. The summed E-state index contributed by atoms with van der Waals surface area (Å²) in [5, 5.41) is 17.0. The fraction of sp³-hybridized carbons (Fsp3) is 0.278. The van der Waals surface area contributed by atoms with E-state index < -0.39 is 0 Å². The number of ether oxygens (including phenoxy) is 1. The highest BCUT2D eigenvalue weighted by Gasteiger charge is 2.18. The Hall–Kier alpha value is -2.84. The van der Waals surface area contributed by atoms with Crippen molar-refractivity contribution in [3.05, 3.63) is 34.7 Å². The molecule has 3 aromatic heterocycles. The first-order valence-corrected chi connectivity index (χ1v) is 8.80. The lowest BCUT2D eigenvalue weighted by Gasteiger charge is -2.10. The summed E-state index contributed by atoms with van der Waals surface area (Å²) in [4.78, 5) is 17.7. The summed E-state index contributed by atoms with van der Waals surface area (Å²) in [6.07, 6.45) is 1.55. The van der Waals surface area contributed by atoms with Gasteiger partial charge in [-0.05, 0) is 32.9 Å². The molecule has 2 N–H and O–H groups in total. The molecule has 3 heterocycles. The molecular formula is C18H17ClN6O2. The molecule has 0 aliphatic heterocycles. The van der Waals surface area contributed by atoms with E-state index in [2.05, 4.69) is 30.1 Å². The number of nitrogens with zero attached hydrogens (tertiary/aromatic N) is 5. The lowest BCUT2D eigenvalue weighted by atomic mass is 10.1. The maximum absolute atomic E-state index is 9.48. The van der Waals surface area contributed by atoms with Gasteiger partial charge in [-0.15, -0.1) is 0 Å². The topological polar surface area (TPSA) is 110 Å². The molecule has 0 fully saturated rings. The Morgan fingerprint density at radius 1 is 1.19 bits per heavy atom. The zero-order chi connectivity index (χ0) is 19.1. The number of aliphatic hydroxyl groups is 1. The minimum absolute atomic E-state index is 0.0225. The first-order chi connectivity index (χ1) is 13.0. The highest BCUT2D eigenvalue weighted by molar-refractivity contribution is 6.38. The maximum atomic E-state index is 9.48. The average Bonchev–Trinajstić information content (AvgIpc) is 3.03. The van der Waals surface area contributed by atoms with Crippen LogP contribution in [0, 0.1) is 6.92 Å². The minimum Gasteiger partial charge on any atom is -0.474 e. The van der Waals surface area contributed by atoms with E-state index in [9.17, 15) is 5.11 Å². The molecule has 9 heteroatoms. The zero-order valence-electron chi connectivity index (χ0n) is 15.0. The number of fused-ring (bicyclic) bond motifs is 2. The number of aromatic nitrogens is 6. The van der Waals surface area contributed by atoms with Crippen molar-refractivity contribution < 1.29 is 9.84 Å². The van der Waals surface area contributed by atoms with Crippen LogP contribution in [0.1, 0.15) is 25.2 Å². The summed E-state index contributed by atoms with van der Waals surface area (Å²) in [5.74, 6) is 0.406. The molecule has 0 saturated carbocycles. The molecule has 0 atom stereocenters. The monoisotopic (exact) mass is 384 g/mol. The predicted molar refractivity (Wildman–Crippen MR) is 102 cm³/mol. The van der Waals surface area contributed by atoms with Crippen molar-refractivity contribution >= 4 is 33.8 Å². The molecule has 0 bridgehead atoms. The van der Waals surface area contributed by atoms with Gasteiger partial charge in [-0.2, -0.15) is 5.10 Å². The lowest BCUT2D eigenvalue weighted by Crippen LogP contribution is -2.07. The summed E-state index contributed by atoms with van der Waals surface area (Å²) < 4.78 is 5.62. The van der Waals surface area contributed by atoms with Gasteiger partial charge in [0, 0.05) is 5.56 Å². The van der Waals surface area contributed by atoms with Gasteiger partial charge in [-0.1, -0.05) is 11.6 Å². The van der Waals surface area contributed by atoms with Crippen LogP contribution in [0.4, 0.5) is 0 Å². The fourth-order valence-electron chi connectivity index (χ4n) is 2.81. The predicted octanol–water partition coefficient (Wildman–Crippen LogP) is 3.20. The van der Waals surface area contributed by atoms with Crippen molar-refractivity contribution in [2.75, 3.05) is 0 Å². The summed E-state index contributed by atoms with van der Waals surface area (Å²) in [5.41, 5.74) is 4.58. The summed E-state index contributed by atoms with van der Waals surface area (Å²) in [6, 6.07) is 3.65. The van der Waals surface area contributed by atoms with Crippen LogP contribution in [0.15, 0.2) is 18.3 Å². The van der Waals surface area contributed by atoms with Gasteiger partial charge in [0.2, 0.25) is 11.5 Å². The number of H-pyrrole nitrogens is 1. The number of rotatable bonds is 4. The quantitative estimate of drug-likeness (QED) is 0.555. The number of hydrogen-bond donors (Lipinski definition) is 2. The molecule has 1 aromatic carbocycles. The van der Waals surface area contributed by atoms with Crippen molar-refractivity contribution in [1.29, 1.82) is 0 Å². The third kappa shape index (κ3) is 3.07. The van der Waals surface area contributed by atoms with Crippen LogP contribution < -0.4 is 4.74 Å². The summed E-state index contributed by atoms with van der Waals surface area (Å²) in [6.45, 7) is 5.41. The fourth-order valence-corrected chi connectivity index (χ4v) is 3.10. The Morgan fingerprint density at radius 3 is 2.74 bits per heavy atom. The van der Waals surface area contributed by atoms with Crippen molar-refractivity contribution in [2.45, 2.75) is 33.5 Å². The number of aliphatic hydroxyl groups excluding tert-OH is 1. The Balaban J connectivity index is 1.91. The summed E-state index contributed by atoms with van der Waals surface area (Å²) in [7, 11) is 0. The maximum Gasteiger partial charge on any atom is 0.233 e. The molecule has 4 aromatic rings. The van der Waals surface area contributed by atoms with Crippen LogP contribution in [0.3, 0.4) is 0 Å². The largest absolute Gasteiger partial charge is 0.474 e. The molecular weight excluding hydrogens is 368 g/mol. The van der Waals surface area contributed by atoms with Gasteiger partial charge in [0.15, 0.2) is 0 Å². The molecule has 4 rings (SSSR count). The van der Waals surface area contributed by atoms with Gasteiger partial charge in [0.05, 0.1) is 46.5 Å². The Labute approximate surface area is 159 Å². The number of benzene rings is 1. The first-order valence-electron chi connectivity index (χ1n) is 8.42. The van der Waals surface area contributed by atoms with Gasteiger partial charge in [-0.25, -0.2) is 19.9 Å². The molecule has 0 spiro atoms. The van der Waals surface area contributed by atoms with E-state index in [4.69, 9.17) is 16.3 Å². The molecule has 27 heavy (non-hydrogen) atoms. The van der Waals surface area contributed by atoms with Gasteiger partial charge < -0.3 is 9.84 Å². The molecule has 0 radical (unpaired) electrons. The van der Waals surface area contributed by atoms with Crippen LogP contribution >= 0.6 is 11.6 Å². The van der Waals surface area contributed by atoms with Gasteiger partial charge in [-0.3, -0.25) is 5.10 Å². The molecule has 138 valence electrons. The van der Waals surface area contributed by atoms with Crippen LogP contribution in [0.25, 0.3) is 33.5 Å². The van der Waals surface area contributed by atoms with Crippen LogP contribution in [0.2, 0.25) is 5.02 Å². The highest BCUT2D eigenvalue weighted by atomic mass is 35.5. The van der Waals surface area contributed by atoms with Crippen molar-refractivity contribution in [3.8, 4) is 17.1 Å². The second kappa shape index (κ2) is 6.71. The molecule has 0 amide bonds. The van der Waals surface area contributed by atoms with Crippen LogP contribution in [-0.4, -0.2) is 41.3 Å². The number of nitrogens with one attached hydrogen (secondary N) is 1. The highest BCUT2D eigenvalue weighted by Crippen LogP contribution is 2.35. The Bertz CT molecular complexity index is 1160. The molecule has 0 saturated heterocycles. The minimum atomic E-state index is -0.202. The zero-order valence-corrected chi connectivity index (χ0v) is 15.7. The SMILES string of the molecule is Cc1nc2n[nH]c(-c3ccc4ncc(OC(C)C)nc4c3Cl)c2nc1CO. The number of halogens is 1. The van der Waals surface area contributed by atoms with E-state index in [1.807, 2.05) is 26.0 Å².